The van der Waals surface area contributed by atoms with E-state index < -0.39 is 0 Å². The van der Waals surface area contributed by atoms with Crippen LogP contribution >= 0.6 is 0 Å². The van der Waals surface area contributed by atoms with Crippen molar-refractivity contribution in [1.29, 1.82) is 0 Å². The molecule has 3 nitrogen and oxygen atoms in total. The Hall–Kier alpha value is -1.06. The van der Waals surface area contributed by atoms with Gasteiger partial charge < -0.3 is 15.6 Å². The number of aryl methyl sites for hydroxylation is 1. The van der Waals surface area contributed by atoms with Gasteiger partial charge in [0.1, 0.15) is 5.75 Å². The molecular weight excluding hydrogens is 274 g/mol. The number of fused-ring (bicyclic) bond motifs is 5. The zero-order valence-corrected chi connectivity index (χ0v) is 13.6. The monoisotopic (exact) mass is 301 g/mol. The molecule has 3 N–H and O–H groups in total. The van der Waals surface area contributed by atoms with Crippen LogP contribution in [0.25, 0.3) is 0 Å². The molecule has 5 unspecified atom stereocenters. The zero-order valence-electron chi connectivity index (χ0n) is 13.6. The lowest BCUT2D eigenvalue weighted by atomic mass is 9.55. The van der Waals surface area contributed by atoms with E-state index in [0.29, 0.717) is 17.8 Å². The van der Waals surface area contributed by atoms with E-state index in [1.807, 2.05) is 0 Å². The summed E-state index contributed by atoms with van der Waals surface area (Å²) in [4.78, 5) is 0. The second kappa shape index (κ2) is 4.97. The molecule has 120 valence electrons. The van der Waals surface area contributed by atoms with E-state index in [-0.39, 0.29) is 17.6 Å². The smallest absolute Gasteiger partial charge is 0.119 e. The summed E-state index contributed by atoms with van der Waals surface area (Å²) in [6, 6.07) is 6.56. The molecule has 2 fully saturated rings. The molecule has 0 spiro atoms. The molecule has 3 heteroatoms. The minimum absolute atomic E-state index is 0.0323. The average molecular weight is 301 g/mol. The largest absolute Gasteiger partial charge is 0.497 e. The topological polar surface area (TPSA) is 55.5 Å². The molecule has 0 aliphatic heterocycles. The number of nitrogens with two attached hydrogens (primary N) is 1. The SMILES string of the molecule is COc1ccc2c(c1)CCC1C2CC[C@@]2(C)C(O)C(N)CC12. The number of hydrogen-bond acceptors (Lipinski definition) is 3. The maximum Gasteiger partial charge on any atom is 0.119 e. The molecule has 0 aromatic heterocycles. The van der Waals surface area contributed by atoms with Gasteiger partial charge in [0.25, 0.3) is 0 Å². The second-order valence-electron chi connectivity index (χ2n) is 7.87. The molecule has 6 atom stereocenters. The van der Waals surface area contributed by atoms with Crippen LogP contribution in [0, 0.1) is 17.3 Å². The number of aliphatic hydroxyl groups excluding tert-OH is 1. The molecule has 0 radical (unpaired) electrons. The van der Waals surface area contributed by atoms with Crippen molar-refractivity contribution < 1.29 is 9.84 Å². The van der Waals surface area contributed by atoms with Crippen molar-refractivity contribution in [2.75, 3.05) is 7.11 Å². The summed E-state index contributed by atoms with van der Waals surface area (Å²) in [5.41, 5.74) is 9.23. The predicted octanol–water partition coefficient (Wildman–Crippen LogP) is 2.85. The van der Waals surface area contributed by atoms with E-state index >= 15 is 0 Å². The van der Waals surface area contributed by atoms with Gasteiger partial charge in [0.05, 0.1) is 13.2 Å². The Morgan fingerprint density at radius 3 is 2.91 bits per heavy atom. The van der Waals surface area contributed by atoms with Gasteiger partial charge >= 0.3 is 0 Å². The molecular formula is C19H27NO2. The number of ether oxygens (including phenoxy) is 1. The summed E-state index contributed by atoms with van der Waals surface area (Å²) < 4.78 is 5.38. The van der Waals surface area contributed by atoms with E-state index in [4.69, 9.17) is 10.5 Å². The second-order valence-corrected chi connectivity index (χ2v) is 7.87. The molecule has 0 amide bonds. The molecule has 22 heavy (non-hydrogen) atoms. The highest BCUT2D eigenvalue weighted by molar-refractivity contribution is 5.40. The number of rotatable bonds is 1. The number of methoxy groups -OCH3 is 1. The molecule has 0 bridgehead atoms. The lowest BCUT2D eigenvalue weighted by Crippen LogP contribution is -2.45. The molecule has 4 rings (SSSR count). The summed E-state index contributed by atoms with van der Waals surface area (Å²) >= 11 is 0. The number of aliphatic hydroxyl groups is 1. The minimum Gasteiger partial charge on any atom is -0.497 e. The van der Waals surface area contributed by atoms with Crippen molar-refractivity contribution in [3.05, 3.63) is 29.3 Å². The fraction of sp³-hybridized carbons (Fsp3) is 0.684. The van der Waals surface area contributed by atoms with Crippen LogP contribution < -0.4 is 10.5 Å². The Bertz CT molecular complexity index is 587. The van der Waals surface area contributed by atoms with E-state index in [0.717, 1.165) is 25.0 Å². The third-order valence-electron chi connectivity index (χ3n) is 6.98. The standard InChI is InChI=1S/C19H27NO2/c1-19-8-7-14-13-6-4-12(22-2)9-11(13)3-5-15(14)16(19)10-17(20)18(19)21/h4,6,9,14-18,21H,3,5,7-8,10,20H2,1-2H3/t14?,15?,16?,17?,18?,19-/m1/s1. The van der Waals surface area contributed by atoms with Gasteiger partial charge in [-0.1, -0.05) is 13.0 Å². The number of hydrogen-bond donors (Lipinski definition) is 2. The maximum atomic E-state index is 10.6. The van der Waals surface area contributed by atoms with Crippen molar-refractivity contribution in [3.63, 3.8) is 0 Å². The van der Waals surface area contributed by atoms with Gasteiger partial charge in [0.15, 0.2) is 0 Å². The van der Waals surface area contributed by atoms with E-state index in [2.05, 4.69) is 25.1 Å². The summed E-state index contributed by atoms with van der Waals surface area (Å²) in [7, 11) is 1.74. The fourth-order valence-corrected chi connectivity index (χ4v) is 5.76. The summed E-state index contributed by atoms with van der Waals surface area (Å²) in [6.07, 6.45) is 5.30. The molecule has 1 aromatic rings. The van der Waals surface area contributed by atoms with Crippen LogP contribution in [-0.4, -0.2) is 24.4 Å². The van der Waals surface area contributed by atoms with Crippen molar-refractivity contribution in [3.8, 4) is 5.75 Å². The zero-order chi connectivity index (χ0) is 15.5. The van der Waals surface area contributed by atoms with Crippen LogP contribution in [0.5, 0.6) is 5.75 Å². The van der Waals surface area contributed by atoms with Gasteiger partial charge in [-0.2, -0.15) is 0 Å². The maximum absolute atomic E-state index is 10.6. The van der Waals surface area contributed by atoms with Crippen molar-refractivity contribution in [2.45, 2.75) is 57.1 Å². The summed E-state index contributed by atoms with van der Waals surface area (Å²) in [6.45, 7) is 2.27. The van der Waals surface area contributed by atoms with Crippen molar-refractivity contribution in [1.82, 2.24) is 0 Å². The minimum atomic E-state index is -0.323. The Morgan fingerprint density at radius 2 is 2.14 bits per heavy atom. The van der Waals surface area contributed by atoms with E-state index in [1.165, 1.54) is 24.0 Å². The highest BCUT2D eigenvalue weighted by Crippen LogP contribution is 2.60. The van der Waals surface area contributed by atoms with Gasteiger partial charge in [-0.25, -0.2) is 0 Å². The highest BCUT2D eigenvalue weighted by atomic mass is 16.5. The third kappa shape index (κ3) is 1.88. The normalized spacial score (nSPS) is 43.2. The quantitative estimate of drug-likeness (QED) is 0.838. The number of benzene rings is 1. The van der Waals surface area contributed by atoms with E-state index in [1.54, 1.807) is 7.11 Å². The lowest BCUT2D eigenvalue weighted by Gasteiger charge is -2.50. The Labute approximate surface area is 132 Å². The fourth-order valence-electron chi connectivity index (χ4n) is 5.76. The van der Waals surface area contributed by atoms with Crippen molar-refractivity contribution >= 4 is 0 Å². The average Bonchev–Trinajstić information content (AvgIpc) is 2.77. The van der Waals surface area contributed by atoms with Gasteiger partial charge in [-0.05, 0) is 78.5 Å². The first-order valence-corrected chi connectivity index (χ1v) is 8.65. The molecule has 0 heterocycles. The Balaban J connectivity index is 1.69. The van der Waals surface area contributed by atoms with Gasteiger partial charge in [0, 0.05) is 6.04 Å². The molecule has 0 saturated heterocycles. The molecule has 3 aliphatic carbocycles. The first-order chi connectivity index (χ1) is 10.5. The predicted molar refractivity (Wildman–Crippen MR) is 87.0 cm³/mol. The van der Waals surface area contributed by atoms with Crippen LogP contribution in [0.15, 0.2) is 18.2 Å². The van der Waals surface area contributed by atoms with Crippen molar-refractivity contribution in [2.24, 2.45) is 23.0 Å². The first-order valence-electron chi connectivity index (χ1n) is 8.65. The highest BCUT2D eigenvalue weighted by Gasteiger charge is 2.57. The van der Waals surface area contributed by atoms with Crippen LogP contribution in [-0.2, 0) is 6.42 Å². The summed E-state index contributed by atoms with van der Waals surface area (Å²) in [5, 5.41) is 10.6. The van der Waals surface area contributed by atoms with Gasteiger partial charge in [-0.15, -0.1) is 0 Å². The third-order valence-corrected chi connectivity index (χ3v) is 6.98. The van der Waals surface area contributed by atoms with Crippen LogP contribution in [0.3, 0.4) is 0 Å². The van der Waals surface area contributed by atoms with E-state index in [9.17, 15) is 5.11 Å². The Kier molecular flexibility index (Phi) is 3.28. The summed E-state index contributed by atoms with van der Waals surface area (Å²) in [5.74, 6) is 2.87. The van der Waals surface area contributed by atoms with Gasteiger partial charge in [0.2, 0.25) is 0 Å². The molecule has 1 aromatic carbocycles. The van der Waals surface area contributed by atoms with Gasteiger partial charge in [-0.3, -0.25) is 0 Å². The van der Waals surface area contributed by atoms with Crippen LogP contribution in [0.2, 0.25) is 0 Å². The first kappa shape index (κ1) is 14.5. The lowest BCUT2D eigenvalue weighted by molar-refractivity contribution is -0.0256. The molecule has 2 saturated carbocycles. The van der Waals surface area contributed by atoms with Crippen LogP contribution in [0.4, 0.5) is 0 Å². The Morgan fingerprint density at radius 1 is 1.32 bits per heavy atom. The van der Waals surface area contributed by atoms with Crippen LogP contribution in [0.1, 0.15) is 49.7 Å². The molecule has 3 aliphatic rings.